The predicted octanol–water partition coefficient (Wildman–Crippen LogP) is 2.19. The van der Waals surface area contributed by atoms with Crippen LogP contribution in [-0.4, -0.2) is 17.6 Å². The molecule has 0 aliphatic heterocycles. The Morgan fingerprint density at radius 1 is 1.50 bits per heavy atom. The van der Waals surface area contributed by atoms with E-state index in [0.717, 1.165) is 11.5 Å². The molecule has 0 radical (unpaired) electrons. The van der Waals surface area contributed by atoms with E-state index in [1.165, 1.54) is 25.7 Å². The van der Waals surface area contributed by atoms with Gasteiger partial charge in [-0.3, -0.25) is 0 Å². The molecule has 2 rings (SSSR count). The van der Waals surface area contributed by atoms with Gasteiger partial charge in [-0.1, -0.05) is 12.8 Å². The van der Waals surface area contributed by atoms with Crippen LogP contribution in [0.4, 0.5) is 5.82 Å². The van der Waals surface area contributed by atoms with Crippen LogP contribution < -0.4 is 11.1 Å². The number of hydrogen-bond acceptors (Lipinski definition) is 4. The van der Waals surface area contributed by atoms with Crippen molar-refractivity contribution in [3.8, 4) is 6.07 Å². The normalized spacial score (nSPS) is 17.4. The van der Waals surface area contributed by atoms with Crippen molar-refractivity contribution < 1.29 is 0 Å². The van der Waals surface area contributed by atoms with E-state index in [2.05, 4.69) is 16.4 Å². The molecule has 0 bridgehead atoms. The van der Waals surface area contributed by atoms with Crippen LogP contribution in [0.15, 0.2) is 12.1 Å². The summed E-state index contributed by atoms with van der Waals surface area (Å²) in [6, 6.07) is 6.02. The highest BCUT2D eigenvalue weighted by Crippen LogP contribution is 2.28. The number of pyridine rings is 1. The lowest BCUT2D eigenvalue weighted by Crippen LogP contribution is -2.35. The van der Waals surface area contributed by atoms with Gasteiger partial charge in [0.15, 0.2) is 0 Å². The molecule has 0 spiro atoms. The number of hydrogen-bond donors (Lipinski definition) is 2. The first-order chi connectivity index (χ1) is 8.72. The maximum atomic E-state index is 8.96. The molecule has 1 aliphatic carbocycles. The fourth-order valence-corrected chi connectivity index (χ4v) is 2.73. The fraction of sp³-hybridized carbons (Fsp3) is 0.571. The van der Waals surface area contributed by atoms with Crippen molar-refractivity contribution in [2.75, 3.05) is 11.9 Å². The second-order valence-corrected chi connectivity index (χ2v) is 5.03. The predicted molar refractivity (Wildman–Crippen MR) is 72.1 cm³/mol. The van der Waals surface area contributed by atoms with Crippen LogP contribution in [0.1, 0.15) is 36.9 Å². The molecule has 1 fully saturated rings. The standard InChI is InChI=1S/C14H20N4/c1-10-6-11(8-15)7-14(17-10)18-13(9-16)12-4-2-3-5-12/h6-7,12-13H,2-5,9,16H2,1H3,(H,17,18). The quantitative estimate of drug-likeness (QED) is 0.851. The summed E-state index contributed by atoms with van der Waals surface area (Å²) >= 11 is 0. The molecule has 1 aliphatic rings. The molecular formula is C14H20N4. The first-order valence-electron chi connectivity index (χ1n) is 6.58. The van der Waals surface area contributed by atoms with Crippen LogP contribution in [0.3, 0.4) is 0 Å². The number of nitrogens with two attached hydrogens (primary N) is 1. The van der Waals surface area contributed by atoms with E-state index in [4.69, 9.17) is 11.0 Å². The fourth-order valence-electron chi connectivity index (χ4n) is 2.73. The van der Waals surface area contributed by atoms with Gasteiger partial charge in [0.2, 0.25) is 0 Å². The minimum absolute atomic E-state index is 0.272. The summed E-state index contributed by atoms with van der Waals surface area (Å²) in [6.07, 6.45) is 5.08. The van der Waals surface area contributed by atoms with Gasteiger partial charge in [0, 0.05) is 18.3 Å². The van der Waals surface area contributed by atoms with Crippen LogP contribution in [0.25, 0.3) is 0 Å². The molecule has 1 heterocycles. The summed E-state index contributed by atoms with van der Waals surface area (Å²) in [5, 5.41) is 12.4. The highest BCUT2D eigenvalue weighted by Gasteiger charge is 2.24. The number of rotatable bonds is 4. The Morgan fingerprint density at radius 3 is 2.83 bits per heavy atom. The Hall–Kier alpha value is -1.60. The zero-order valence-corrected chi connectivity index (χ0v) is 10.8. The Kier molecular flexibility index (Phi) is 4.16. The Balaban J connectivity index is 2.11. The molecule has 0 aromatic carbocycles. The Morgan fingerprint density at radius 2 is 2.22 bits per heavy atom. The van der Waals surface area contributed by atoms with Gasteiger partial charge in [0.05, 0.1) is 11.6 Å². The van der Waals surface area contributed by atoms with E-state index in [-0.39, 0.29) is 6.04 Å². The SMILES string of the molecule is Cc1cc(C#N)cc(NC(CN)C2CCCC2)n1. The molecule has 4 heteroatoms. The van der Waals surface area contributed by atoms with Crippen molar-refractivity contribution in [3.05, 3.63) is 23.4 Å². The molecule has 1 saturated carbocycles. The summed E-state index contributed by atoms with van der Waals surface area (Å²) < 4.78 is 0. The monoisotopic (exact) mass is 244 g/mol. The number of aryl methyl sites for hydroxylation is 1. The third kappa shape index (κ3) is 2.99. The highest BCUT2D eigenvalue weighted by molar-refractivity contribution is 5.45. The molecule has 96 valence electrons. The van der Waals surface area contributed by atoms with E-state index >= 15 is 0 Å². The van der Waals surface area contributed by atoms with E-state index < -0.39 is 0 Å². The van der Waals surface area contributed by atoms with Crippen molar-refractivity contribution in [1.29, 1.82) is 5.26 Å². The van der Waals surface area contributed by atoms with Crippen molar-refractivity contribution in [2.24, 2.45) is 11.7 Å². The molecule has 0 amide bonds. The van der Waals surface area contributed by atoms with Gasteiger partial charge in [-0.25, -0.2) is 4.98 Å². The van der Waals surface area contributed by atoms with E-state index in [9.17, 15) is 0 Å². The topological polar surface area (TPSA) is 74.7 Å². The Labute approximate surface area is 108 Å². The molecule has 1 aromatic rings. The number of aromatic nitrogens is 1. The van der Waals surface area contributed by atoms with Crippen molar-refractivity contribution in [2.45, 2.75) is 38.6 Å². The smallest absolute Gasteiger partial charge is 0.127 e. The van der Waals surface area contributed by atoms with Crippen molar-refractivity contribution in [3.63, 3.8) is 0 Å². The van der Waals surface area contributed by atoms with Crippen LogP contribution in [0.2, 0.25) is 0 Å². The Bertz CT molecular complexity index is 444. The van der Waals surface area contributed by atoms with Crippen LogP contribution in [0.5, 0.6) is 0 Å². The lowest BCUT2D eigenvalue weighted by molar-refractivity contribution is 0.461. The molecule has 1 aromatic heterocycles. The van der Waals surface area contributed by atoms with E-state index in [1.807, 2.05) is 6.92 Å². The average Bonchev–Trinajstić information content (AvgIpc) is 2.89. The van der Waals surface area contributed by atoms with Gasteiger partial charge in [-0.2, -0.15) is 5.26 Å². The van der Waals surface area contributed by atoms with E-state index in [1.54, 1.807) is 12.1 Å². The molecule has 0 saturated heterocycles. The molecule has 18 heavy (non-hydrogen) atoms. The second kappa shape index (κ2) is 5.83. The van der Waals surface area contributed by atoms with Gasteiger partial charge < -0.3 is 11.1 Å². The van der Waals surface area contributed by atoms with Crippen LogP contribution >= 0.6 is 0 Å². The highest BCUT2D eigenvalue weighted by atomic mass is 15.0. The van der Waals surface area contributed by atoms with Gasteiger partial charge in [0.25, 0.3) is 0 Å². The first-order valence-corrected chi connectivity index (χ1v) is 6.58. The first kappa shape index (κ1) is 12.8. The number of nitriles is 1. The second-order valence-electron chi connectivity index (χ2n) is 5.03. The summed E-state index contributed by atoms with van der Waals surface area (Å²) in [5.74, 6) is 1.41. The number of anilines is 1. The number of nitrogens with zero attached hydrogens (tertiary/aromatic N) is 2. The molecule has 1 unspecified atom stereocenters. The largest absolute Gasteiger partial charge is 0.366 e. The summed E-state index contributed by atoms with van der Waals surface area (Å²) in [6.45, 7) is 2.52. The summed E-state index contributed by atoms with van der Waals surface area (Å²) in [4.78, 5) is 4.42. The van der Waals surface area contributed by atoms with Crippen LogP contribution in [-0.2, 0) is 0 Å². The number of nitrogens with one attached hydrogen (secondary N) is 1. The average molecular weight is 244 g/mol. The maximum absolute atomic E-state index is 8.96. The summed E-state index contributed by atoms with van der Waals surface area (Å²) in [7, 11) is 0. The lowest BCUT2D eigenvalue weighted by Gasteiger charge is -2.23. The molecule has 1 atom stereocenters. The third-order valence-electron chi connectivity index (χ3n) is 3.64. The molecular weight excluding hydrogens is 224 g/mol. The zero-order valence-electron chi connectivity index (χ0n) is 10.8. The minimum Gasteiger partial charge on any atom is -0.366 e. The molecule has 3 N–H and O–H groups in total. The maximum Gasteiger partial charge on any atom is 0.127 e. The lowest BCUT2D eigenvalue weighted by atomic mass is 9.98. The van der Waals surface area contributed by atoms with E-state index in [0.29, 0.717) is 18.0 Å². The minimum atomic E-state index is 0.272. The molecule has 4 nitrogen and oxygen atoms in total. The van der Waals surface area contributed by atoms with Gasteiger partial charge in [-0.05, 0) is 37.8 Å². The van der Waals surface area contributed by atoms with Gasteiger partial charge in [-0.15, -0.1) is 0 Å². The zero-order chi connectivity index (χ0) is 13.0. The van der Waals surface area contributed by atoms with Gasteiger partial charge in [0.1, 0.15) is 5.82 Å². The third-order valence-corrected chi connectivity index (χ3v) is 3.64. The van der Waals surface area contributed by atoms with Crippen molar-refractivity contribution in [1.82, 2.24) is 4.98 Å². The van der Waals surface area contributed by atoms with Crippen molar-refractivity contribution >= 4 is 5.82 Å². The van der Waals surface area contributed by atoms with Gasteiger partial charge >= 0.3 is 0 Å². The summed E-state index contributed by atoms with van der Waals surface area (Å²) in [5.41, 5.74) is 7.36. The van der Waals surface area contributed by atoms with Crippen LogP contribution in [0, 0.1) is 24.2 Å².